The molecule has 16 heavy (non-hydrogen) atoms. The van der Waals surface area contributed by atoms with Gasteiger partial charge in [-0.3, -0.25) is 4.79 Å². The Hall–Kier alpha value is -1.47. The molecule has 0 aromatic heterocycles. The number of amides is 1. The molecular weight excluding hydrogens is 220 g/mol. The van der Waals surface area contributed by atoms with Crippen molar-refractivity contribution in [2.75, 3.05) is 12.3 Å². The highest BCUT2D eigenvalue weighted by atomic mass is 32.2. The first-order chi connectivity index (χ1) is 7.70. The van der Waals surface area contributed by atoms with E-state index in [1.165, 1.54) is 10.5 Å². The number of thioether (sulfide) groups is 1. The minimum atomic E-state index is -0.435. The zero-order valence-electron chi connectivity index (χ0n) is 9.06. The van der Waals surface area contributed by atoms with E-state index in [9.17, 15) is 4.79 Å². The molecule has 0 spiro atoms. The first-order valence-electron chi connectivity index (χ1n) is 5.12. The smallest absolute Gasteiger partial charge is 0.325 e. The summed E-state index contributed by atoms with van der Waals surface area (Å²) < 4.78 is 0. The van der Waals surface area contributed by atoms with Gasteiger partial charge in [0.25, 0.3) is 0 Å². The van der Waals surface area contributed by atoms with Crippen LogP contribution in [-0.4, -0.2) is 23.1 Å². The number of aryl methyl sites for hydroxylation is 1. The number of fused-ring (bicyclic) bond motifs is 1. The van der Waals surface area contributed by atoms with Crippen molar-refractivity contribution in [3.63, 3.8) is 0 Å². The van der Waals surface area contributed by atoms with Crippen LogP contribution in [0.15, 0.2) is 23.1 Å². The molecular formula is C12H12N2OS. The molecule has 1 aromatic rings. The van der Waals surface area contributed by atoms with Crippen LogP contribution in [0.2, 0.25) is 0 Å². The average Bonchev–Trinajstić information content (AvgIpc) is 2.49. The molecule has 0 unspecified atom stereocenters. The second-order valence-electron chi connectivity index (χ2n) is 3.80. The van der Waals surface area contributed by atoms with Crippen molar-refractivity contribution in [1.29, 1.82) is 5.26 Å². The Bertz CT molecular complexity index is 465. The van der Waals surface area contributed by atoms with Gasteiger partial charge in [-0.15, -0.1) is 11.8 Å². The largest absolute Gasteiger partial charge is 0.325 e. The van der Waals surface area contributed by atoms with Crippen LogP contribution in [0.3, 0.4) is 0 Å². The van der Waals surface area contributed by atoms with Gasteiger partial charge in [0.15, 0.2) is 6.07 Å². The zero-order valence-corrected chi connectivity index (χ0v) is 9.88. The number of hydrogen-bond donors (Lipinski definition) is 0. The molecule has 1 aliphatic rings. The van der Waals surface area contributed by atoms with E-state index in [0.717, 1.165) is 11.3 Å². The van der Waals surface area contributed by atoms with Gasteiger partial charge in [-0.1, -0.05) is 17.7 Å². The molecule has 0 bridgehead atoms. The molecule has 0 aliphatic carbocycles. The first kappa shape index (κ1) is 11.0. The summed E-state index contributed by atoms with van der Waals surface area (Å²) >= 11 is 1.75. The van der Waals surface area contributed by atoms with Crippen LogP contribution in [0.25, 0.3) is 0 Å². The van der Waals surface area contributed by atoms with E-state index in [0.29, 0.717) is 13.1 Å². The summed E-state index contributed by atoms with van der Waals surface area (Å²) in [6, 6.07) is 7.94. The van der Waals surface area contributed by atoms with Crippen LogP contribution >= 0.6 is 11.8 Å². The van der Waals surface area contributed by atoms with Crippen molar-refractivity contribution in [2.45, 2.75) is 18.4 Å². The summed E-state index contributed by atoms with van der Waals surface area (Å²) in [5.74, 6) is 0.415. The monoisotopic (exact) mass is 232 g/mol. The van der Waals surface area contributed by atoms with E-state index in [1.54, 1.807) is 22.7 Å². The van der Waals surface area contributed by atoms with Gasteiger partial charge < -0.3 is 4.90 Å². The number of rotatable bonds is 0. The van der Waals surface area contributed by atoms with Gasteiger partial charge in [0, 0.05) is 23.7 Å². The lowest BCUT2D eigenvalue weighted by molar-refractivity contribution is -0.125. The Morgan fingerprint density at radius 3 is 3.12 bits per heavy atom. The molecule has 1 heterocycles. The minimum absolute atomic E-state index is 0.435. The van der Waals surface area contributed by atoms with Crippen LogP contribution in [0.4, 0.5) is 0 Å². The molecule has 3 nitrogen and oxygen atoms in total. The summed E-state index contributed by atoms with van der Waals surface area (Å²) in [7, 11) is 0. The third-order valence-electron chi connectivity index (χ3n) is 2.58. The third-order valence-corrected chi connectivity index (χ3v) is 3.67. The lowest BCUT2D eigenvalue weighted by Crippen LogP contribution is -2.30. The molecule has 1 amide bonds. The maximum atomic E-state index is 11.4. The first-order valence-corrected chi connectivity index (χ1v) is 6.10. The number of benzene rings is 1. The van der Waals surface area contributed by atoms with Crippen LogP contribution in [0, 0.1) is 18.3 Å². The van der Waals surface area contributed by atoms with Crippen molar-refractivity contribution < 1.29 is 4.79 Å². The van der Waals surface area contributed by atoms with E-state index >= 15 is 0 Å². The Morgan fingerprint density at radius 1 is 1.56 bits per heavy atom. The van der Waals surface area contributed by atoms with E-state index in [1.807, 2.05) is 6.92 Å². The Kier molecular flexibility index (Phi) is 3.16. The number of carbonyl (C=O) groups excluding carboxylic acids is 1. The Labute approximate surface area is 99.1 Å². The number of hydrogen-bond acceptors (Lipinski definition) is 3. The molecule has 0 fully saturated rings. The van der Waals surface area contributed by atoms with Crippen molar-refractivity contribution >= 4 is 17.7 Å². The van der Waals surface area contributed by atoms with E-state index in [4.69, 9.17) is 5.26 Å². The van der Waals surface area contributed by atoms with E-state index < -0.39 is 5.91 Å². The molecule has 82 valence electrons. The van der Waals surface area contributed by atoms with Gasteiger partial charge in [0.2, 0.25) is 0 Å². The van der Waals surface area contributed by atoms with Gasteiger partial charge >= 0.3 is 5.91 Å². The molecule has 1 aliphatic heterocycles. The molecule has 0 radical (unpaired) electrons. The molecule has 1 aromatic carbocycles. The van der Waals surface area contributed by atoms with Crippen LogP contribution in [0.5, 0.6) is 0 Å². The molecule has 2 rings (SSSR count). The number of nitrogens with zero attached hydrogens (tertiary/aromatic N) is 2. The standard InChI is InChI=1S/C12H12N2OS/c1-9-2-3-11-10(6-9)8-14(4-5-16-11)12(15)7-13/h2-3,6H,4-5,8H2,1H3. The van der Waals surface area contributed by atoms with E-state index in [-0.39, 0.29) is 0 Å². The van der Waals surface area contributed by atoms with Crippen LogP contribution in [0.1, 0.15) is 11.1 Å². The van der Waals surface area contributed by atoms with Crippen molar-refractivity contribution in [3.8, 4) is 6.07 Å². The lowest BCUT2D eigenvalue weighted by Gasteiger charge is -2.16. The summed E-state index contributed by atoms with van der Waals surface area (Å²) in [6.07, 6.45) is 0. The molecule has 4 heteroatoms. The molecule has 0 N–H and O–H groups in total. The summed E-state index contributed by atoms with van der Waals surface area (Å²) in [5, 5.41) is 8.63. The van der Waals surface area contributed by atoms with Gasteiger partial charge in [-0.2, -0.15) is 5.26 Å². The fourth-order valence-corrected chi connectivity index (χ4v) is 2.77. The summed E-state index contributed by atoms with van der Waals surface area (Å²) in [4.78, 5) is 14.2. The topological polar surface area (TPSA) is 44.1 Å². The van der Waals surface area contributed by atoms with Gasteiger partial charge in [-0.25, -0.2) is 0 Å². The quantitative estimate of drug-likeness (QED) is 0.642. The van der Waals surface area contributed by atoms with Gasteiger partial charge in [-0.05, 0) is 18.6 Å². The third kappa shape index (κ3) is 2.20. The molecule has 0 atom stereocenters. The minimum Gasteiger partial charge on any atom is -0.325 e. The summed E-state index contributed by atoms with van der Waals surface area (Å²) in [6.45, 7) is 3.23. The number of carbonyl (C=O) groups is 1. The highest BCUT2D eigenvalue weighted by Gasteiger charge is 2.18. The fraction of sp³-hybridized carbons (Fsp3) is 0.333. The highest BCUT2D eigenvalue weighted by Crippen LogP contribution is 2.28. The predicted octanol–water partition coefficient (Wildman–Crippen LogP) is 1.95. The number of nitriles is 1. The summed E-state index contributed by atoms with van der Waals surface area (Å²) in [5.41, 5.74) is 2.33. The van der Waals surface area contributed by atoms with Crippen LogP contribution in [-0.2, 0) is 11.3 Å². The van der Waals surface area contributed by atoms with Crippen LogP contribution < -0.4 is 0 Å². The average molecular weight is 232 g/mol. The lowest BCUT2D eigenvalue weighted by atomic mass is 10.1. The zero-order chi connectivity index (χ0) is 11.5. The van der Waals surface area contributed by atoms with Gasteiger partial charge in [0.05, 0.1) is 0 Å². The van der Waals surface area contributed by atoms with Crippen molar-refractivity contribution in [1.82, 2.24) is 4.90 Å². The molecule has 0 saturated carbocycles. The van der Waals surface area contributed by atoms with Crippen molar-refractivity contribution in [2.24, 2.45) is 0 Å². The Balaban J connectivity index is 2.30. The van der Waals surface area contributed by atoms with E-state index in [2.05, 4.69) is 18.2 Å². The highest BCUT2D eigenvalue weighted by molar-refractivity contribution is 7.99. The van der Waals surface area contributed by atoms with Crippen molar-refractivity contribution in [3.05, 3.63) is 29.3 Å². The van der Waals surface area contributed by atoms with Gasteiger partial charge in [0.1, 0.15) is 0 Å². The normalized spacial score (nSPS) is 14.9. The second-order valence-corrected chi connectivity index (χ2v) is 4.93. The second kappa shape index (κ2) is 4.58. The Morgan fingerprint density at radius 2 is 2.38 bits per heavy atom. The maximum absolute atomic E-state index is 11.4. The molecule has 0 saturated heterocycles. The maximum Gasteiger partial charge on any atom is 0.325 e. The predicted molar refractivity (Wildman–Crippen MR) is 62.9 cm³/mol. The SMILES string of the molecule is Cc1ccc2c(c1)CN(C(=O)C#N)CCS2. The fourth-order valence-electron chi connectivity index (χ4n) is 1.77.